The van der Waals surface area contributed by atoms with Gasteiger partial charge < -0.3 is 14.9 Å². The number of phenols is 1. The van der Waals surface area contributed by atoms with Gasteiger partial charge in [-0.05, 0) is 60.5 Å². The fourth-order valence-electron chi connectivity index (χ4n) is 3.75. The van der Waals surface area contributed by atoms with Gasteiger partial charge in [0.1, 0.15) is 5.75 Å². The van der Waals surface area contributed by atoms with Crippen LogP contribution in [0.5, 0.6) is 5.75 Å². The number of rotatable bonds is 2. The van der Waals surface area contributed by atoms with Crippen LogP contribution in [0.25, 0.3) is 10.8 Å². The number of phenolic OH excluding ortho intramolecular Hbond substituents is 1. The summed E-state index contributed by atoms with van der Waals surface area (Å²) < 4.78 is 0. The van der Waals surface area contributed by atoms with E-state index in [0.29, 0.717) is 37.3 Å². The lowest BCUT2D eigenvalue weighted by Crippen LogP contribution is -2.37. The van der Waals surface area contributed by atoms with Gasteiger partial charge in [0, 0.05) is 37.3 Å². The monoisotopic (exact) mass is 388 g/mol. The molecule has 1 fully saturated rings. The Bertz CT molecular complexity index is 1060. The molecule has 0 aliphatic carbocycles. The first kappa shape index (κ1) is 19.0. The smallest absolute Gasteiger partial charge is 0.253 e. The predicted octanol–water partition coefficient (Wildman–Crippen LogP) is 3.84. The molecule has 1 N–H and O–H groups in total. The Morgan fingerprint density at radius 3 is 1.97 bits per heavy atom. The van der Waals surface area contributed by atoms with Gasteiger partial charge in [0.25, 0.3) is 11.8 Å². The largest absolute Gasteiger partial charge is 0.508 e. The van der Waals surface area contributed by atoms with Crippen LogP contribution in [0.1, 0.15) is 32.7 Å². The molecule has 1 aliphatic heterocycles. The van der Waals surface area contributed by atoms with Gasteiger partial charge in [0.05, 0.1) is 0 Å². The summed E-state index contributed by atoms with van der Waals surface area (Å²) in [6.45, 7) is 4.32. The van der Waals surface area contributed by atoms with Crippen LogP contribution in [0.2, 0.25) is 0 Å². The van der Waals surface area contributed by atoms with Gasteiger partial charge in [-0.1, -0.05) is 29.8 Å². The maximum absolute atomic E-state index is 13.0. The first-order valence-electron chi connectivity index (χ1n) is 9.89. The molecule has 148 valence electrons. The molecule has 1 heterocycles. The highest BCUT2D eigenvalue weighted by atomic mass is 16.3. The second kappa shape index (κ2) is 7.95. The lowest BCUT2D eigenvalue weighted by atomic mass is 10.1. The van der Waals surface area contributed by atoms with E-state index in [2.05, 4.69) is 0 Å². The van der Waals surface area contributed by atoms with Crippen molar-refractivity contribution >= 4 is 22.6 Å². The molecule has 3 aromatic rings. The number of fused-ring (bicyclic) bond motifs is 1. The normalized spacial score (nSPS) is 14.7. The Balaban J connectivity index is 1.46. The first-order valence-corrected chi connectivity index (χ1v) is 9.89. The van der Waals surface area contributed by atoms with Crippen LogP contribution < -0.4 is 0 Å². The molecule has 3 aromatic carbocycles. The maximum Gasteiger partial charge on any atom is 0.253 e. The number of hydrogen-bond acceptors (Lipinski definition) is 3. The van der Waals surface area contributed by atoms with Crippen LogP contribution in [-0.2, 0) is 0 Å². The summed E-state index contributed by atoms with van der Waals surface area (Å²) in [5.41, 5.74) is 2.44. The summed E-state index contributed by atoms with van der Waals surface area (Å²) in [5, 5.41) is 11.4. The average molecular weight is 388 g/mol. The molecule has 0 radical (unpaired) electrons. The fourth-order valence-corrected chi connectivity index (χ4v) is 3.75. The van der Waals surface area contributed by atoms with Crippen molar-refractivity contribution < 1.29 is 14.7 Å². The zero-order valence-electron chi connectivity index (χ0n) is 16.5. The van der Waals surface area contributed by atoms with Crippen molar-refractivity contribution in [3.05, 3.63) is 77.4 Å². The van der Waals surface area contributed by atoms with Crippen molar-refractivity contribution in [3.8, 4) is 5.75 Å². The molecule has 0 spiro atoms. The lowest BCUT2D eigenvalue weighted by Gasteiger charge is -2.22. The minimum Gasteiger partial charge on any atom is -0.508 e. The highest BCUT2D eigenvalue weighted by Gasteiger charge is 2.23. The Labute approximate surface area is 170 Å². The molecule has 4 rings (SSSR count). The third-order valence-corrected chi connectivity index (χ3v) is 5.44. The van der Waals surface area contributed by atoms with E-state index < -0.39 is 0 Å². The number of carbonyl (C=O) groups excluding carboxylic acids is 2. The van der Waals surface area contributed by atoms with Gasteiger partial charge in [0.2, 0.25) is 0 Å². The van der Waals surface area contributed by atoms with Gasteiger partial charge in [-0.2, -0.15) is 0 Å². The second-order valence-corrected chi connectivity index (χ2v) is 7.55. The summed E-state index contributed by atoms with van der Waals surface area (Å²) >= 11 is 0. The third-order valence-electron chi connectivity index (χ3n) is 5.44. The van der Waals surface area contributed by atoms with Gasteiger partial charge in [-0.3, -0.25) is 9.59 Å². The first-order chi connectivity index (χ1) is 14.0. The summed E-state index contributed by atoms with van der Waals surface area (Å²) in [7, 11) is 0. The van der Waals surface area contributed by atoms with E-state index in [4.69, 9.17) is 0 Å². The number of benzene rings is 3. The van der Waals surface area contributed by atoms with E-state index >= 15 is 0 Å². The quantitative estimate of drug-likeness (QED) is 0.726. The number of aryl methyl sites for hydroxylation is 1. The van der Waals surface area contributed by atoms with Crippen molar-refractivity contribution in [3.63, 3.8) is 0 Å². The van der Waals surface area contributed by atoms with Gasteiger partial charge in [-0.15, -0.1) is 0 Å². The van der Waals surface area contributed by atoms with Crippen LogP contribution in [0, 0.1) is 6.92 Å². The van der Waals surface area contributed by atoms with Crippen molar-refractivity contribution in [1.82, 2.24) is 9.80 Å². The number of nitrogens with zero attached hydrogens (tertiary/aromatic N) is 2. The van der Waals surface area contributed by atoms with E-state index in [1.54, 1.807) is 18.2 Å². The van der Waals surface area contributed by atoms with Crippen molar-refractivity contribution in [2.45, 2.75) is 13.3 Å². The van der Waals surface area contributed by atoms with E-state index in [1.807, 2.05) is 59.2 Å². The molecule has 1 saturated heterocycles. The minimum absolute atomic E-state index is 0.0183. The van der Waals surface area contributed by atoms with Crippen LogP contribution in [0.4, 0.5) is 0 Å². The highest BCUT2D eigenvalue weighted by Crippen LogP contribution is 2.22. The highest BCUT2D eigenvalue weighted by molar-refractivity contribution is 5.99. The third kappa shape index (κ3) is 4.09. The Kier molecular flexibility index (Phi) is 5.21. The van der Waals surface area contributed by atoms with Crippen LogP contribution in [-0.4, -0.2) is 52.9 Å². The number of carbonyl (C=O) groups is 2. The van der Waals surface area contributed by atoms with Crippen LogP contribution in [0.15, 0.2) is 60.7 Å². The summed E-state index contributed by atoms with van der Waals surface area (Å²) in [6.07, 6.45) is 0.755. The molecule has 2 amide bonds. The van der Waals surface area contributed by atoms with E-state index in [-0.39, 0.29) is 17.6 Å². The topological polar surface area (TPSA) is 60.9 Å². The summed E-state index contributed by atoms with van der Waals surface area (Å²) in [5.74, 6) is 0.205. The molecule has 5 nitrogen and oxygen atoms in total. The standard InChI is InChI=1S/C24H24N2O3/c1-17-3-5-18(6-4-17)23(28)25-11-2-12-26(14-13-25)24(29)21-8-7-20-16-22(27)10-9-19(20)15-21/h3-10,15-16,27H,2,11-14H2,1H3. The van der Waals surface area contributed by atoms with Gasteiger partial charge in [-0.25, -0.2) is 0 Å². The molecule has 0 bridgehead atoms. The molecule has 0 atom stereocenters. The average Bonchev–Trinajstić information content (AvgIpc) is 2.99. The zero-order chi connectivity index (χ0) is 20.4. The zero-order valence-corrected chi connectivity index (χ0v) is 16.5. The number of aromatic hydroxyl groups is 1. The molecule has 0 aromatic heterocycles. The molecule has 1 aliphatic rings. The fraction of sp³-hybridized carbons (Fsp3) is 0.250. The molecular weight excluding hydrogens is 364 g/mol. The molecule has 29 heavy (non-hydrogen) atoms. The van der Waals surface area contributed by atoms with E-state index in [9.17, 15) is 14.7 Å². The molecule has 0 saturated carbocycles. The number of hydrogen-bond donors (Lipinski definition) is 1. The molecular formula is C24H24N2O3. The maximum atomic E-state index is 13.0. The summed E-state index contributed by atoms with van der Waals surface area (Å²) in [4.78, 5) is 29.5. The van der Waals surface area contributed by atoms with Gasteiger partial charge in [0.15, 0.2) is 0 Å². The lowest BCUT2D eigenvalue weighted by molar-refractivity contribution is 0.0719. The van der Waals surface area contributed by atoms with Crippen LogP contribution in [0.3, 0.4) is 0 Å². The van der Waals surface area contributed by atoms with Crippen molar-refractivity contribution in [2.24, 2.45) is 0 Å². The number of amides is 2. The van der Waals surface area contributed by atoms with Crippen molar-refractivity contribution in [2.75, 3.05) is 26.2 Å². The van der Waals surface area contributed by atoms with Crippen molar-refractivity contribution in [1.29, 1.82) is 0 Å². The second-order valence-electron chi connectivity index (χ2n) is 7.55. The van der Waals surface area contributed by atoms with Gasteiger partial charge >= 0.3 is 0 Å². The molecule has 0 unspecified atom stereocenters. The predicted molar refractivity (Wildman–Crippen MR) is 113 cm³/mol. The Hall–Kier alpha value is -3.34. The Morgan fingerprint density at radius 1 is 0.724 bits per heavy atom. The Morgan fingerprint density at radius 2 is 1.28 bits per heavy atom. The van der Waals surface area contributed by atoms with E-state index in [0.717, 1.165) is 22.8 Å². The SMILES string of the molecule is Cc1ccc(C(=O)N2CCCN(C(=O)c3ccc4cc(O)ccc4c3)CC2)cc1. The molecule has 5 heteroatoms. The minimum atomic E-state index is -0.0235. The summed E-state index contributed by atoms with van der Waals surface area (Å²) in [6, 6.07) is 18.2. The van der Waals surface area contributed by atoms with E-state index in [1.165, 1.54) is 0 Å². The van der Waals surface area contributed by atoms with Crippen LogP contribution >= 0.6 is 0 Å².